The third-order valence-corrected chi connectivity index (χ3v) is 6.19. The molecule has 36 heavy (non-hydrogen) atoms. The molecule has 3 N–H and O–H groups in total. The summed E-state index contributed by atoms with van der Waals surface area (Å²) in [6, 6.07) is 43.4. The third-order valence-electron chi connectivity index (χ3n) is 6.19. The van der Waals surface area contributed by atoms with Gasteiger partial charge in [0.1, 0.15) is 0 Å². The Kier molecular flexibility index (Phi) is 6.93. The number of nitrogens with zero attached hydrogens (tertiary/aromatic N) is 1. The van der Waals surface area contributed by atoms with E-state index in [2.05, 4.69) is 96.0 Å². The second-order valence-corrected chi connectivity index (χ2v) is 8.66. The van der Waals surface area contributed by atoms with Crippen LogP contribution in [-0.2, 0) is 6.54 Å². The topological polar surface area (TPSA) is 62.2 Å². The van der Waals surface area contributed by atoms with Gasteiger partial charge >= 0.3 is 0 Å². The van der Waals surface area contributed by atoms with E-state index in [0.717, 1.165) is 38.9 Å². The van der Waals surface area contributed by atoms with Crippen molar-refractivity contribution in [2.24, 2.45) is 10.7 Å². The summed E-state index contributed by atoms with van der Waals surface area (Å²) in [7, 11) is 0. The predicted octanol–water partition coefficient (Wildman–Crippen LogP) is 7.59. The Morgan fingerprint density at radius 3 is 1.61 bits per heavy atom. The van der Waals surface area contributed by atoms with Crippen molar-refractivity contribution >= 4 is 12.1 Å². The van der Waals surface area contributed by atoms with Crippen LogP contribution in [0.4, 0.5) is 0 Å². The number of hydrogen-bond acceptors (Lipinski definition) is 2. The summed E-state index contributed by atoms with van der Waals surface area (Å²) >= 11 is 0. The lowest BCUT2D eigenvalue weighted by atomic mass is 9.94. The Bertz CT molecular complexity index is 1490. The molecule has 5 rings (SSSR count). The van der Waals surface area contributed by atoms with Crippen molar-refractivity contribution in [3.8, 4) is 33.4 Å². The van der Waals surface area contributed by atoms with Crippen molar-refractivity contribution in [1.82, 2.24) is 0 Å². The monoisotopic (exact) mass is 465 g/mol. The van der Waals surface area contributed by atoms with Crippen molar-refractivity contribution in [2.75, 3.05) is 0 Å². The SMILES string of the molecule is N=C(/N=C/c1cc(-c2ccc(CN)cc2)cc(-c2ccc(-c3ccccc3)cc2)c1)c1ccccc1. The van der Waals surface area contributed by atoms with Gasteiger partial charge in [0.25, 0.3) is 0 Å². The minimum absolute atomic E-state index is 0.238. The van der Waals surface area contributed by atoms with Crippen LogP contribution in [0.1, 0.15) is 16.7 Å². The Morgan fingerprint density at radius 1 is 0.583 bits per heavy atom. The van der Waals surface area contributed by atoms with E-state index < -0.39 is 0 Å². The Labute approximate surface area is 212 Å². The molecule has 5 aromatic carbocycles. The highest BCUT2D eigenvalue weighted by Gasteiger charge is 2.07. The maximum atomic E-state index is 8.35. The molecular weight excluding hydrogens is 438 g/mol. The van der Waals surface area contributed by atoms with Gasteiger partial charge in [-0.15, -0.1) is 0 Å². The zero-order valence-corrected chi connectivity index (χ0v) is 19.9. The summed E-state index contributed by atoms with van der Waals surface area (Å²) in [6.45, 7) is 0.521. The van der Waals surface area contributed by atoms with Gasteiger partial charge in [0.05, 0.1) is 0 Å². The highest BCUT2D eigenvalue weighted by molar-refractivity contribution is 6.03. The van der Waals surface area contributed by atoms with Gasteiger partial charge in [-0.3, -0.25) is 5.41 Å². The number of nitrogens with one attached hydrogen (secondary N) is 1. The first-order valence-electron chi connectivity index (χ1n) is 12.0. The van der Waals surface area contributed by atoms with Gasteiger partial charge in [0.15, 0.2) is 5.84 Å². The Hall–Kier alpha value is -4.60. The number of nitrogens with two attached hydrogens (primary N) is 1. The lowest BCUT2D eigenvalue weighted by molar-refractivity contribution is 1.07. The maximum Gasteiger partial charge on any atom is 0.151 e. The van der Waals surface area contributed by atoms with Gasteiger partial charge in [-0.2, -0.15) is 0 Å². The summed E-state index contributed by atoms with van der Waals surface area (Å²) in [5, 5.41) is 8.35. The highest BCUT2D eigenvalue weighted by Crippen LogP contribution is 2.30. The van der Waals surface area contributed by atoms with Crippen LogP contribution in [0.2, 0.25) is 0 Å². The van der Waals surface area contributed by atoms with Crippen LogP contribution in [0.3, 0.4) is 0 Å². The average Bonchev–Trinajstić information content (AvgIpc) is 2.97. The van der Waals surface area contributed by atoms with Crippen LogP contribution in [0.25, 0.3) is 33.4 Å². The molecule has 0 heterocycles. The predicted molar refractivity (Wildman–Crippen MR) is 152 cm³/mol. The lowest BCUT2D eigenvalue weighted by Crippen LogP contribution is -1.96. The molecule has 0 bridgehead atoms. The van der Waals surface area contributed by atoms with Crippen LogP contribution in [0.15, 0.2) is 132 Å². The molecule has 174 valence electrons. The number of benzene rings is 5. The lowest BCUT2D eigenvalue weighted by Gasteiger charge is -2.10. The molecule has 0 aliphatic rings. The third kappa shape index (κ3) is 5.38. The summed E-state index contributed by atoms with van der Waals surface area (Å²) < 4.78 is 0. The standard InChI is InChI=1S/C33H27N3/c34-22-24-11-13-28(14-12-24)31-19-25(23-36-33(35)30-9-5-2-6-10-30)20-32(21-31)29-17-15-27(16-18-29)26-7-3-1-4-8-26/h1-21,23,35H,22,34H2/b35-33?,36-23+. The highest BCUT2D eigenvalue weighted by atomic mass is 14.8. The molecule has 0 aliphatic heterocycles. The van der Waals surface area contributed by atoms with Gasteiger partial charge in [-0.1, -0.05) is 109 Å². The van der Waals surface area contributed by atoms with E-state index in [1.807, 2.05) is 36.4 Å². The van der Waals surface area contributed by atoms with Crippen molar-refractivity contribution < 1.29 is 0 Å². The molecule has 0 spiro atoms. The van der Waals surface area contributed by atoms with Crippen molar-refractivity contribution in [1.29, 1.82) is 5.41 Å². The first-order valence-corrected chi connectivity index (χ1v) is 12.0. The number of aliphatic imine (C=N–C) groups is 1. The van der Waals surface area contributed by atoms with E-state index in [0.29, 0.717) is 6.54 Å². The second-order valence-electron chi connectivity index (χ2n) is 8.66. The smallest absolute Gasteiger partial charge is 0.151 e. The minimum atomic E-state index is 0.238. The van der Waals surface area contributed by atoms with E-state index in [1.165, 1.54) is 11.1 Å². The molecule has 0 radical (unpaired) electrons. The second kappa shape index (κ2) is 10.8. The number of rotatable bonds is 6. The zero-order valence-electron chi connectivity index (χ0n) is 19.9. The van der Waals surface area contributed by atoms with Gasteiger partial charge in [-0.05, 0) is 62.7 Å². The van der Waals surface area contributed by atoms with E-state index >= 15 is 0 Å². The Morgan fingerprint density at radius 2 is 1.06 bits per heavy atom. The van der Waals surface area contributed by atoms with Gasteiger partial charge < -0.3 is 5.73 Å². The number of amidine groups is 1. The fourth-order valence-corrected chi connectivity index (χ4v) is 4.19. The fraction of sp³-hybridized carbons (Fsp3) is 0.0303. The molecular formula is C33H27N3. The molecule has 0 aromatic heterocycles. The van der Waals surface area contributed by atoms with Crippen LogP contribution < -0.4 is 5.73 Å². The summed E-state index contributed by atoms with van der Waals surface area (Å²) in [5.74, 6) is 0.238. The van der Waals surface area contributed by atoms with Gasteiger partial charge in [-0.25, -0.2) is 4.99 Å². The molecule has 0 saturated carbocycles. The van der Waals surface area contributed by atoms with E-state index in [1.54, 1.807) is 6.21 Å². The molecule has 0 fully saturated rings. The molecule has 0 unspecified atom stereocenters. The molecule has 0 aliphatic carbocycles. The zero-order chi connectivity index (χ0) is 24.7. The molecule has 0 amide bonds. The largest absolute Gasteiger partial charge is 0.326 e. The van der Waals surface area contributed by atoms with Crippen molar-refractivity contribution in [2.45, 2.75) is 6.54 Å². The first-order chi connectivity index (χ1) is 17.7. The van der Waals surface area contributed by atoms with E-state index in [-0.39, 0.29) is 5.84 Å². The van der Waals surface area contributed by atoms with Crippen LogP contribution in [0, 0.1) is 5.41 Å². The fourth-order valence-electron chi connectivity index (χ4n) is 4.19. The summed E-state index contributed by atoms with van der Waals surface area (Å²) in [4.78, 5) is 4.46. The quantitative estimate of drug-likeness (QED) is 0.197. The van der Waals surface area contributed by atoms with E-state index in [4.69, 9.17) is 11.1 Å². The normalized spacial score (nSPS) is 11.0. The van der Waals surface area contributed by atoms with Crippen LogP contribution in [0.5, 0.6) is 0 Å². The molecule has 3 nitrogen and oxygen atoms in total. The maximum absolute atomic E-state index is 8.35. The van der Waals surface area contributed by atoms with Crippen molar-refractivity contribution in [3.63, 3.8) is 0 Å². The van der Waals surface area contributed by atoms with Crippen molar-refractivity contribution in [3.05, 3.63) is 144 Å². The molecule has 0 atom stereocenters. The van der Waals surface area contributed by atoms with Crippen LogP contribution in [-0.4, -0.2) is 12.1 Å². The van der Waals surface area contributed by atoms with Gasteiger partial charge in [0, 0.05) is 18.3 Å². The molecule has 0 saturated heterocycles. The molecule has 5 aromatic rings. The van der Waals surface area contributed by atoms with Crippen LogP contribution >= 0.6 is 0 Å². The summed E-state index contributed by atoms with van der Waals surface area (Å²) in [5.41, 5.74) is 15.4. The average molecular weight is 466 g/mol. The first kappa shape index (κ1) is 23.2. The number of hydrogen-bond donors (Lipinski definition) is 2. The van der Waals surface area contributed by atoms with Gasteiger partial charge in [0.2, 0.25) is 0 Å². The Balaban J connectivity index is 1.52. The van der Waals surface area contributed by atoms with E-state index in [9.17, 15) is 0 Å². The minimum Gasteiger partial charge on any atom is -0.326 e. The summed E-state index contributed by atoms with van der Waals surface area (Å²) in [6.07, 6.45) is 1.77. The molecule has 3 heteroatoms.